The van der Waals surface area contributed by atoms with Crippen molar-refractivity contribution < 1.29 is 18.3 Å². The number of aromatic amines is 1. The minimum Gasteiger partial charge on any atom is -0.494 e. The first kappa shape index (κ1) is 20.8. The van der Waals surface area contributed by atoms with Gasteiger partial charge in [0.1, 0.15) is 5.75 Å². The second-order valence-electron chi connectivity index (χ2n) is 7.37. The molecule has 1 aliphatic heterocycles. The molecule has 3 aromatic carbocycles. The summed E-state index contributed by atoms with van der Waals surface area (Å²) in [6.45, 7) is 2.41. The highest BCUT2D eigenvalue weighted by atomic mass is 32.2. The fraction of sp³-hybridized carbons (Fsp3) is 0.0833. The monoisotopic (exact) mass is 460 g/mol. The number of anilines is 1. The molecule has 1 aliphatic rings. The molecule has 1 aromatic heterocycles. The predicted octanol–water partition coefficient (Wildman–Crippen LogP) is 3.32. The minimum atomic E-state index is -3.86. The third-order valence-electron chi connectivity index (χ3n) is 5.14. The SMILES string of the molecule is CCOc1ccc(NS(=O)(=O)c2ccc3[nH]c(O)c(C=C4N=c5ccccc5=N4)c3c2)cc1. The molecule has 0 spiro atoms. The van der Waals surface area contributed by atoms with Gasteiger partial charge in [0.05, 0.1) is 22.2 Å². The van der Waals surface area contributed by atoms with Crippen LogP contribution in [0.15, 0.2) is 87.4 Å². The highest BCUT2D eigenvalue weighted by molar-refractivity contribution is 7.92. The van der Waals surface area contributed by atoms with Gasteiger partial charge in [0.15, 0.2) is 11.7 Å². The maximum absolute atomic E-state index is 13.0. The molecule has 0 aliphatic carbocycles. The van der Waals surface area contributed by atoms with E-state index in [1.807, 2.05) is 31.2 Å². The number of hydrogen-bond donors (Lipinski definition) is 3. The van der Waals surface area contributed by atoms with Crippen molar-refractivity contribution in [2.45, 2.75) is 11.8 Å². The summed E-state index contributed by atoms with van der Waals surface area (Å²) in [6, 6.07) is 18.7. The number of rotatable bonds is 6. The first-order valence-corrected chi connectivity index (χ1v) is 11.8. The van der Waals surface area contributed by atoms with Crippen molar-refractivity contribution >= 4 is 32.7 Å². The van der Waals surface area contributed by atoms with Crippen LogP contribution in [-0.4, -0.2) is 25.1 Å². The molecule has 3 N–H and O–H groups in total. The summed E-state index contributed by atoms with van der Waals surface area (Å²) >= 11 is 0. The van der Waals surface area contributed by atoms with Crippen LogP contribution in [-0.2, 0) is 10.0 Å². The molecule has 8 nitrogen and oxygen atoms in total. The van der Waals surface area contributed by atoms with Crippen molar-refractivity contribution in [3.63, 3.8) is 0 Å². The summed E-state index contributed by atoms with van der Waals surface area (Å²) in [6.07, 6.45) is 1.63. The lowest BCUT2D eigenvalue weighted by molar-refractivity contribution is 0.340. The molecule has 5 rings (SSSR count). The van der Waals surface area contributed by atoms with E-state index in [2.05, 4.69) is 19.7 Å². The van der Waals surface area contributed by atoms with Gasteiger partial charge in [-0.15, -0.1) is 0 Å². The lowest BCUT2D eigenvalue weighted by Crippen LogP contribution is -2.19. The van der Waals surface area contributed by atoms with Crippen molar-refractivity contribution in [1.82, 2.24) is 4.98 Å². The second kappa shape index (κ2) is 8.10. The average Bonchev–Trinajstić information content (AvgIpc) is 3.35. The number of ether oxygens (including phenoxy) is 1. The van der Waals surface area contributed by atoms with Crippen LogP contribution in [0.4, 0.5) is 5.69 Å². The van der Waals surface area contributed by atoms with E-state index in [0.717, 1.165) is 10.7 Å². The fourth-order valence-electron chi connectivity index (χ4n) is 3.61. The number of fused-ring (bicyclic) bond motifs is 2. The van der Waals surface area contributed by atoms with Crippen LogP contribution in [0.25, 0.3) is 17.0 Å². The van der Waals surface area contributed by atoms with Crippen LogP contribution in [0.3, 0.4) is 0 Å². The summed E-state index contributed by atoms with van der Waals surface area (Å²) < 4.78 is 34.0. The Labute approximate surface area is 189 Å². The number of para-hydroxylation sites is 2. The zero-order valence-electron chi connectivity index (χ0n) is 17.6. The van der Waals surface area contributed by atoms with E-state index in [-0.39, 0.29) is 10.8 Å². The summed E-state index contributed by atoms with van der Waals surface area (Å²) in [5.41, 5.74) is 1.42. The molecule has 0 fully saturated rings. The minimum absolute atomic E-state index is 0.0612. The molecule has 0 saturated heterocycles. The van der Waals surface area contributed by atoms with Gasteiger partial charge < -0.3 is 14.8 Å². The number of aromatic nitrogens is 1. The molecule has 0 saturated carbocycles. The largest absolute Gasteiger partial charge is 0.494 e. The third-order valence-corrected chi connectivity index (χ3v) is 6.52. The number of aromatic hydroxyl groups is 1. The molecule has 166 valence electrons. The van der Waals surface area contributed by atoms with Crippen molar-refractivity contribution in [2.24, 2.45) is 9.98 Å². The normalized spacial score (nSPS) is 12.7. The molecule has 9 heteroatoms. The van der Waals surface area contributed by atoms with Gasteiger partial charge in [-0.2, -0.15) is 0 Å². The Hall–Kier alpha value is -4.11. The van der Waals surface area contributed by atoms with Crippen LogP contribution >= 0.6 is 0 Å². The Morgan fingerprint density at radius 2 is 1.73 bits per heavy atom. The molecule has 2 heterocycles. The van der Waals surface area contributed by atoms with Gasteiger partial charge in [-0.05, 0) is 67.6 Å². The maximum Gasteiger partial charge on any atom is 0.261 e. The molecule has 0 amide bonds. The van der Waals surface area contributed by atoms with Gasteiger partial charge in [-0.25, -0.2) is 18.4 Å². The summed E-state index contributed by atoms with van der Waals surface area (Å²) in [7, 11) is -3.86. The smallest absolute Gasteiger partial charge is 0.261 e. The topological polar surface area (TPSA) is 116 Å². The Kier molecular flexibility index (Phi) is 5.10. The molecule has 4 aromatic rings. The van der Waals surface area contributed by atoms with Gasteiger partial charge in [-0.1, -0.05) is 12.1 Å². The number of benzene rings is 3. The molecule has 0 atom stereocenters. The van der Waals surface area contributed by atoms with E-state index in [4.69, 9.17) is 4.74 Å². The molecular formula is C24H20N4O4S. The zero-order chi connectivity index (χ0) is 23.0. The Morgan fingerprint density at radius 1 is 1.03 bits per heavy atom. The summed E-state index contributed by atoms with van der Waals surface area (Å²) in [5, 5.41) is 12.5. The van der Waals surface area contributed by atoms with Crippen molar-refractivity contribution in [3.8, 4) is 11.6 Å². The van der Waals surface area contributed by atoms with E-state index in [0.29, 0.717) is 40.3 Å². The van der Waals surface area contributed by atoms with Crippen molar-refractivity contribution in [3.05, 3.63) is 88.8 Å². The van der Waals surface area contributed by atoms with Gasteiger partial charge in [-0.3, -0.25) is 4.72 Å². The standard InChI is InChI=1S/C24H20N4O4S/c1-2-32-16-9-7-15(8-10-16)28-33(30,31)17-11-12-20-18(13-17)19(24(29)27-20)14-23-25-21-5-3-4-6-22(21)26-23/h3-14,27-29H,2H2,1H3. The van der Waals surface area contributed by atoms with Crippen molar-refractivity contribution in [2.75, 3.05) is 11.3 Å². The first-order chi connectivity index (χ1) is 15.9. The van der Waals surface area contributed by atoms with Gasteiger partial charge >= 0.3 is 0 Å². The molecule has 0 bridgehead atoms. The van der Waals surface area contributed by atoms with Gasteiger partial charge in [0, 0.05) is 22.2 Å². The van der Waals surface area contributed by atoms with Crippen LogP contribution in [0.2, 0.25) is 0 Å². The zero-order valence-corrected chi connectivity index (χ0v) is 18.4. The lowest BCUT2D eigenvalue weighted by atomic mass is 10.1. The molecule has 0 unspecified atom stereocenters. The first-order valence-electron chi connectivity index (χ1n) is 10.3. The van der Waals surface area contributed by atoms with E-state index >= 15 is 0 Å². The highest BCUT2D eigenvalue weighted by Gasteiger charge is 2.18. The third kappa shape index (κ3) is 4.06. The van der Waals surface area contributed by atoms with Crippen LogP contribution < -0.4 is 20.2 Å². The average molecular weight is 461 g/mol. The number of nitrogens with one attached hydrogen (secondary N) is 2. The van der Waals surface area contributed by atoms with Gasteiger partial charge in [0.25, 0.3) is 10.0 Å². The van der Waals surface area contributed by atoms with E-state index in [1.165, 1.54) is 12.1 Å². The maximum atomic E-state index is 13.0. The summed E-state index contributed by atoms with van der Waals surface area (Å²) in [5.74, 6) is 0.994. The Morgan fingerprint density at radius 3 is 2.39 bits per heavy atom. The lowest BCUT2D eigenvalue weighted by Gasteiger charge is -2.09. The number of H-pyrrole nitrogens is 1. The fourth-order valence-corrected chi connectivity index (χ4v) is 4.69. The second-order valence-corrected chi connectivity index (χ2v) is 9.05. The molecular weight excluding hydrogens is 440 g/mol. The van der Waals surface area contributed by atoms with Crippen LogP contribution in [0, 0.1) is 0 Å². The Bertz CT molecular complexity index is 1580. The van der Waals surface area contributed by atoms with E-state index in [1.54, 1.807) is 36.4 Å². The predicted molar refractivity (Wildman–Crippen MR) is 125 cm³/mol. The number of hydrogen-bond acceptors (Lipinski definition) is 6. The van der Waals surface area contributed by atoms with Crippen LogP contribution in [0.1, 0.15) is 12.5 Å². The summed E-state index contributed by atoms with van der Waals surface area (Å²) in [4.78, 5) is 11.8. The number of sulfonamides is 1. The van der Waals surface area contributed by atoms with E-state index in [9.17, 15) is 13.5 Å². The molecule has 0 radical (unpaired) electrons. The van der Waals surface area contributed by atoms with E-state index < -0.39 is 10.0 Å². The quantitative estimate of drug-likeness (QED) is 0.409. The van der Waals surface area contributed by atoms with Crippen molar-refractivity contribution in [1.29, 1.82) is 0 Å². The Balaban J connectivity index is 1.50. The molecule has 33 heavy (non-hydrogen) atoms. The van der Waals surface area contributed by atoms with Crippen LogP contribution in [0.5, 0.6) is 11.6 Å². The highest BCUT2D eigenvalue weighted by Crippen LogP contribution is 2.32. The van der Waals surface area contributed by atoms with Gasteiger partial charge in [0.2, 0.25) is 0 Å². The number of nitrogens with zero attached hydrogens (tertiary/aromatic N) is 2.